The topological polar surface area (TPSA) is 84.0 Å². The normalized spacial score (nSPS) is 11.2. The molecule has 6 nitrogen and oxygen atoms in total. The zero-order valence-electron chi connectivity index (χ0n) is 9.70. The summed E-state index contributed by atoms with van der Waals surface area (Å²) in [6.45, 7) is 1.96. The van der Waals surface area contributed by atoms with E-state index in [1.54, 1.807) is 20.2 Å². The van der Waals surface area contributed by atoms with Gasteiger partial charge in [-0.05, 0) is 15.9 Å². The predicted molar refractivity (Wildman–Crippen MR) is 72.1 cm³/mol. The zero-order valence-corrected chi connectivity index (χ0v) is 12.1. The van der Waals surface area contributed by atoms with Crippen LogP contribution in [0.3, 0.4) is 0 Å². The highest BCUT2D eigenvalue weighted by atomic mass is 79.9. The maximum absolute atomic E-state index is 11.3. The van der Waals surface area contributed by atoms with Crippen molar-refractivity contribution in [2.45, 2.75) is 6.92 Å². The number of sulfone groups is 1. The number of nitrogens with one attached hydrogen (secondary N) is 2. The van der Waals surface area contributed by atoms with Gasteiger partial charge in [0.25, 0.3) is 0 Å². The van der Waals surface area contributed by atoms with Gasteiger partial charge in [-0.25, -0.2) is 13.4 Å². The summed E-state index contributed by atoms with van der Waals surface area (Å²) in [6, 6.07) is 0. The van der Waals surface area contributed by atoms with Crippen molar-refractivity contribution < 1.29 is 8.42 Å². The fraction of sp³-hybridized carbons (Fsp3) is 0.556. The summed E-state index contributed by atoms with van der Waals surface area (Å²) in [5.41, 5.74) is 0. The molecule has 0 aliphatic carbocycles. The summed E-state index contributed by atoms with van der Waals surface area (Å²) in [4.78, 5) is 8.16. The second-order valence-electron chi connectivity index (χ2n) is 3.30. The number of halogens is 1. The van der Waals surface area contributed by atoms with Crippen LogP contribution in [0.25, 0.3) is 0 Å². The number of anilines is 2. The number of hydrogen-bond donors (Lipinski definition) is 2. The van der Waals surface area contributed by atoms with Gasteiger partial charge in [0, 0.05) is 25.5 Å². The van der Waals surface area contributed by atoms with Crippen LogP contribution < -0.4 is 10.6 Å². The minimum Gasteiger partial charge on any atom is -0.368 e. The SMILES string of the molecule is CCS(=O)(=O)CCNc1nc(NC)ncc1Br. The van der Waals surface area contributed by atoms with E-state index in [1.807, 2.05) is 0 Å². The third kappa shape index (κ3) is 4.47. The minimum absolute atomic E-state index is 0.0921. The van der Waals surface area contributed by atoms with Crippen LogP contribution in [0, 0.1) is 0 Å². The summed E-state index contributed by atoms with van der Waals surface area (Å²) in [7, 11) is -1.24. The van der Waals surface area contributed by atoms with Gasteiger partial charge in [0.1, 0.15) is 5.82 Å². The molecule has 0 fully saturated rings. The molecule has 0 spiro atoms. The van der Waals surface area contributed by atoms with Crippen molar-refractivity contribution in [2.75, 3.05) is 35.7 Å². The Balaban J connectivity index is 2.63. The molecule has 0 saturated heterocycles. The first-order valence-corrected chi connectivity index (χ1v) is 7.74. The predicted octanol–water partition coefficient (Wildman–Crippen LogP) is 1.13. The Morgan fingerprint density at radius 3 is 2.76 bits per heavy atom. The van der Waals surface area contributed by atoms with E-state index in [-0.39, 0.29) is 11.5 Å². The van der Waals surface area contributed by atoms with Crippen molar-refractivity contribution in [3.05, 3.63) is 10.7 Å². The molecular formula is C9H15BrN4O2S. The third-order valence-corrected chi connectivity index (χ3v) is 4.40. The lowest BCUT2D eigenvalue weighted by Crippen LogP contribution is -2.18. The van der Waals surface area contributed by atoms with Crippen molar-refractivity contribution in [3.63, 3.8) is 0 Å². The van der Waals surface area contributed by atoms with Crippen LogP contribution in [0.2, 0.25) is 0 Å². The Morgan fingerprint density at radius 2 is 2.18 bits per heavy atom. The van der Waals surface area contributed by atoms with E-state index in [0.29, 0.717) is 22.8 Å². The summed E-state index contributed by atoms with van der Waals surface area (Å²) in [5.74, 6) is 1.31. The highest BCUT2D eigenvalue weighted by Crippen LogP contribution is 2.19. The molecule has 17 heavy (non-hydrogen) atoms. The highest BCUT2D eigenvalue weighted by molar-refractivity contribution is 9.10. The van der Waals surface area contributed by atoms with E-state index < -0.39 is 9.84 Å². The van der Waals surface area contributed by atoms with E-state index in [1.165, 1.54) is 0 Å². The van der Waals surface area contributed by atoms with E-state index >= 15 is 0 Å². The smallest absolute Gasteiger partial charge is 0.224 e. The van der Waals surface area contributed by atoms with Gasteiger partial charge in [-0.2, -0.15) is 4.98 Å². The van der Waals surface area contributed by atoms with Crippen molar-refractivity contribution in [1.82, 2.24) is 9.97 Å². The van der Waals surface area contributed by atoms with Gasteiger partial charge in [0.15, 0.2) is 9.84 Å². The minimum atomic E-state index is -2.96. The van der Waals surface area contributed by atoms with Gasteiger partial charge in [-0.3, -0.25) is 0 Å². The molecule has 0 amide bonds. The molecule has 0 saturated carbocycles. The first kappa shape index (κ1) is 14.2. The van der Waals surface area contributed by atoms with E-state index in [9.17, 15) is 8.42 Å². The fourth-order valence-corrected chi connectivity index (χ4v) is 2.11. The standard InChI is InChI=1S/C9H15BrN4O2S/c1-3-17(15,16)5-4-12-8-7(10)6-13-9(11-2)14-8/h6H,3-5H2,1-2H3,(H2,11,12,13,14). The fourth-order valence-electron chi connectivity index (χ4n) is 1.08. The maximum Gasteiger partial charge on any atom is 0.224 e. The Kier molecular flexibility index (Phi) is 5.13. The molecule has 1 aromatic rings. The lowest BCUT2D eigenvalue weighted by Gasteiger charge is -2.08. The average molecular weight is 323 g/mol. The Morgan fingerprint density at radius 1 is 1.47 bits per heavy atom. The Hall–Kier alpha value is -0.890. The zero-order chi connectivity index (χ0) is 12.9. The van der Waals surface area contributed by atoms with Gasteiger partial charge in [0.05, 0.1) is 10.2 Å². The second-order valence-corrected chi connectivity index (χ2v) is 6.63. The van der Waals surface area contributed by atoms with Crippen LogP contribution in [0.1, 0.15) is 6.92 Å². The van der Waals surface area contributed by atoms with Crippen LogP contribution in [0.4, 0.5) is 11.8 Å². The van der Waals surface area contributed by atoms with Crippen LogP contribution in [-0.4, -0.2) is 43.5 Å². The second kappa shape index (κ2) is 6.15. The third-order valence-electron chi connectivity index (χ3n) is 2.11. The van der Waals surface area contributed by atoms with Crippen molar-refractivity contribution in [2.24, 2.45) is 0 Å². The molecule has 0 unspecified atom stereocenters. The van der Waals surface area contributed by atoms with Crippen LogP contribution in [-0.2, 0) is 9.84 Å². The molecular weight excluding hydrogens is 308 g/mol. The van der Waals surface area contributed by atoms with Gasteiger partial charge in [0.2, 0.25) is 5.95 Å². The number of rotatable bonds is 6. The molecule has 0 radical (unpaired) electrons. The van der Waals surface area contributed by atoms with Crippen molar-refractivity contribution in [1.29, 1.82) is 0 Å². The van der Waals surface area contributed by atoms with Gasteiger partial charge >= 0.3 is 0 Å². The quantitative estimate of drug-likeness (QED) is 0.816. The summed E-state index contributed by atoms with van der Waals surface area (Å²) in [6.07, 6.45) is 1.61. The highest BCUT2D eigenvalue weighted by Gasteiger charge is 2.08. The summed E-state index contributed by atoms with van der Waals surface area (Å²) in [5, 5.41) is 5.77. The number of hydrogen-bond acceptors (Lipinski definition) is 6. The molecule has 2 N–H and O–H groups in total. The monoisotopic (exact) mass is 322 g/mol. The van der Waals surface area contributed by atoms with E-state index in [0.717, 1.165) is 0 Å². The first-order valence-electron chi connectivity index (χ1n) is 5.13. The molecule has 1 heterocycles. The molecule has 8 heteroatoms. The molecule has 96 valence electrons. The molecule has 0 aliphatic rings. The lowest BCUT2D eigenvalue weighted by atomic mass is 10.5. The molecule has 1 aromatic heterocycles. The first-order chi connectivity index (χ1) is 7.98. The molecule has 0 aliphatic heterocycles. The lowest BCUT2D eigenvalue weighted by molar-refractivity contribution is 0.597. The molecule has 0 bridgehead atoms. The molecule has 1 rings (SSSR count). The van der Waals surface area contributed by atoms with Crippen molar-refractivity contribution >= 4 is 37.5 Å². The van der Waals surface area contributed by atoms with Crippen LogP contribution >= 0.6 is 15.9 Å². The average Bonchev–Trinajstić information content (AvgIpc) is 2.31. The van der Waals surface area contributed by atoms with Crippen molar-refractivity contribution in [3.8, 4) is 0 Å². The van der Waals surface area contributed by atoms with Gasteiger partial charge in [-0.15, -0.1) is 0 Å². The Labute approximate surface area is 109 Å². The maximum atomic E-state index is 11.3. The molecule has 0 atom stereocenters. The summed E-state index contributed by atoms with van der Waals surface area (Å²) >= 11 is 3.29. The van der Waals surface area contributed by atoms with E-state index in [2.05, 4.69) is 36.5 Å². The van der Waals surface area contributed by atoms with E-state index in [4.69, 9.17) is 0 Å². The number of nitrogens with zero attached hydrogens (tertiary/aromatic N) is 2. The van der Waals surface area contributed by atoms with Gasteiger partial charge in [-0.1, -0.05) is 6.92 Å². The number of aromatic nitrogens is 2. The Bertz CT molecular complexity index is 478. The van der Waals surface area contributed by atoms with Crippen LogP contribution in [0.15, 0.2) is 10.7 Å². The van der Waals surface area contributed by atoms with Gasteiger partial charge < -0.3 is 10.6 Å². The molecule has 0 aromatic carbocycles. The van der Waals surface area contributed by atoms with Crippen LogP contribution in [0.5, 0.6) is 0 Å². The largest absolute Gasteiger partial charge is 0.368 e. The summed E-state index contributed by atoms with van der Waals surface area (Å²) < 4.78 is 23.3.